The molecule has 8 aromatic rings. The van der Waals surface area contributed by atoms with Gasteiger partial charge in [-0.25, -0.2) is 0 Å². The molecule has 0 atom stereocenters. The van der Waals surface area contributed by atoms with Gasteiger partial charge in [0.05, 0.1) is 21.5 Å². The zero-order valence-corrected chi connectivity index (χ0v) is 55.3. The number of hydrogen-bond donors (Lipinski definition) is 0. The predicted molar refractivity (Wildman–Crippen MR) is 339 cm³/mol. The molecule has 4 aromatic heterocycles. The molecule has 0 aliphatic heterocycles. The van der Waals surface area contributed by atoms with Crippen molar-refractivity contribution in [1.82, 2.24) is 0 Å². The second-order valence-electron chi connectivity index (χ2n) is 27.1. The quantitative estimate of drug-likeness (QED) is 0.0905. The second-order valence-corrected chi connectivity index (χ2v) is 50.4. The minimum Gasteiger partial charge on any atom is -0.466 e. The lowest BCUT2D eigenvalue weighted by Gasteiger charge is -2.41. The highest BCUT2D eigenvalue weighted by Crippen LogP contribution is 2.48. The Hall–Kier alpha value is -3.57. The lowest BCUT2D eigenvalue weighted by Crippen LogP contribution is -2.55. The maximum absolute atomic E-state index is 7.03. The van der Waals surface area contributed by atoms with Crippen molar-refractivity contribution in [2.24, 2.45) is 0 Å². The zero-order chi connectivity index (χ0) is 55.2. The van der Waals surface area contributed by atoms with Gasteiger partial charge < -0.3 is 17.7 Å². The van der Waals surface area contributed by atoms with Crippen LogP contribution in [-0.4, -0.2) is 32.3 Å². The van der Waals surface area contributed by atoms with Gasteiger partial charge in [-0.15, -0.1) is 0 Å². The van der Waals surface area contributed by atoms with Crippen molar-refractivity contribution in [3.8, 4) is 0 Å². The van der Waals surface area contributed by atoms with Gasteiger partial charge in [0.15, 0.2) is 0 Å². The van der Waals surface area contributed by atoms with Crippen LogP contribution in [0.2, 0.25) is 66.5 Å². The first-order chi connectivity index (χ1) is 34.4. The Balaban J connectivity index is 0.000000217. The van der Waals surface area contributed by atoms with E-state index in [2.05, 4.69) is 241 Å². The molecule has 74 heavy (non-hydrogen) atoms. The normalized spacial score (nSPS) is 13.9. The third-order valence-corrected chi connectivity index (χ3v) is 47.5. The molecule has 4 aromatic carbocycles. The summed E-state index contributed by atoms with van der Waals surface area (Å²) in [6.45, 7) is 62.3. The summed E-state index contributed by atoms with van der Waals surface area (Å²) in [5.74, 6) is 0. The molecule has 0 aliphatic rings. The van der Waals surface area contributed by atoms with Crippen molar-refractivity contribution in [3.63, 3.8) is 0 Å². The standard InChI is InChI=1S/C34H52O2Si2.C32H48O2Si2/c1-19(2)37(20(3)4,21(5)6)31-17-27-25(13)15-30-29(33(27)35-31)16-26(14)28-18-32(36-34(28)30)38(22(7)8,23(9)10)24(11)12;1-19(2)35(20(3)4,21(5)6)29-17-25-13-15-28-27(31(25)33-29)16-14-26-18-30(34-32(26)28)36(22(7)8,23(9)10)24(11)12/h15-24H,1-14H3;13-24H,1-12H3. The van der Waals surface area contributed by atoms with Crippen molar-refractivity contribution in [2.75, 3.05) is 0 Å². The number of fused-ring (bicyclic) bond motifs is 10. The van der Waals surface area contributed by atoms with Crippen molar-refractivity contribution in [3.05, 3.63) is 71.8 Å². The Labute approximate surface area is 452 Å². The summed E-state index contributed by atoms with van der Waals surface area (Å²) in [5, 5.41) is 14.8. The molecule has 0 spiro atoms. The van der Waals surface area contributed by atoms with E-state index in [4.69, 9.17) is 17.7 Å². The Morgan fingerprint density at radius 2 is 0.459 bits per heavy atom. The zero-order valence-electron chi connectivity index (χ0n) is 51.3. The molecular formula is C66H100O4Si4. The lowest BCUT2D eigenvalue weighted by molar-refractivity contribution is 0.634. The molecule has 0 fully saturated rings. The van der Waals surface area contributed by atoms with Gasteiger partial charge in [0.1, 0.15) is 54.6 Å². The van der Waals surface area contributed by atoms with Crippen LogP contribution in [0, 0.1) is 13.8 Å². The Bertz CT molecular complexity index is 2960. The highest BCUT2D eigenvalue weighted by molar-refractivity contribution is 6.96. The number of aryl methyl sites for hydroxylation is 2. The highest BCUT2D eigenvalue weighted by Gasteiger charge is 2.51. The molecule has 0 unspecified atom stereocenters. The Morgan fingerprint density at radius 3 is 0.689 bits per heavy atom. The molecule has 8 heteroatoms. The van der Waals surface area contributed by atoms with E-state index in [0.717, 1.165) is 22.3 Å². The SMILES string of the molecule is CC(C)[Si](c1cc2ccc3c(ccc4cc([Si](C(C)C)(C(C)C)C(C)C)oc43)c2o1)(C(C)C)C(C)C.Cc1cc2c(cc(C)c3cc([Si](C(C)C)(C(C)C)C(C)C)oc32)c2oc([Si](C(C)C)(C(C)C)C(C)C)cc12. The highest BCUT2D eigenvalue weighted by atomic mass is 28.3. The molecule has 0 saturated carbocycles. The van der Waals surface area contributed by atoms with Crippen LogP contribution >= 0.6 is 0 Å². The predicted octanol–water partition coefficient (Wildman–Crippen LogP) is 20.8. The largest absolute Gasteiger partial charge is 0.466 e. The van der Waals surface area contributed by atoms with E-state index in [-0.39, 0.29) is 0 Å². The summed E-state index contributed by atoms with van der Waals surface area (Å²) in [7, 11) is -7.56. The summed E-state index contributed by atoms with van der Waals surface area (Å²) < 4.78 is 27.9. The smallest absolute Gasteiger partial charge is 0.141 e. The van der Waals surface area contributed by atoms with Crippen LogP contribution in [0.1, 0.15) is 177 Å². The van der Waals surface area contributed by atoms with Gasteiger partial charge in [-0.2, -0.15) is 0 Å². The third-order valence-electron chi connectivity index (χ3n) is 20.1. The fourth-order valence-electron chi connectivity index (χ4n) is 17.6. The van der Waals surface area contributed by atoms with E-state index in [1.165, 1.54) is 75.8 Å². The van der Waals surface area contributed by atoms with Crippen molar-refractivity contribution < 1.29 is 17.7 Å². The average molecular weight is 1070 g/mol. The maximum Gasteiger partial charge on any atom is 0.141 e. The van der Waals surface area contributed by atoms with Gasteiger partial charge in [0.25, 0.3) is 0 Å². The van der Waals surface area contributed by atoms with E-state index in [1.807, 2.05) is 0 Å². The van der Waals surface area contributed by atoms with Crippen LogP contribution in [0.4, 0.5) is 0 Å². The van der Waals surface area contributed by atoms with E-state index in [0.29, 0.717) is 66.5 Å². The molecule has 0 radical (unpaired) electrons. The molecule has 404 valence electrons. The van der Waals surface area contributed by atoms with E-state index < -0.39 is 32.3 Å². The lowest BCUT2D eigenvalue weighted by atomic mass is 9.99. The maximum atomic E-state index is 7.03. The third kappa shape index (κ3) is 8.58. The fourth-order valence-corrected chi connectivity index (χ4v) is 43.1. The summed E-state index contributed by atoms with van der Waals surface area (Å²) in [6.07, 6.45) is 0. The number of rotatable bonds is 16. The monoisotopic (exact) mass is 1070 g/mol. The van der Waals surface area contributed by atoms with E-state index in [1.54, 1.807) is 0 Å². The van der Waals surface area contributed by atoms with Crippen LogP contribution in [-0.2, 0) is 0 Å². The number of furan rings is 4. The van der Waals surface area contributed by atoms with Crippen molar-refractivity contribution >= 4 is 119 Å². The molecule has 0 saturated heterocycles. The summed E-state index contributed by atoms with van der Waals surface area (Å²) in [5.41, 5.74) is 14.1. The number of hydrogen-bond acceptors (Lipinski definition) is 4. The first-order valence-corrected chi connectivity index (χ1v) is 38.2. The van der Waals surface area contributed by atoms with Gasteiger partial charge >= 0.3 is 0 Å². The minimum atomic E-state index is -1.91. The molecular weight excluding hydrogens is 969 g/mol. The van der Waals surface area contributed by atoms with Crippen LogP contribution < -0.4 is 21.5 Å². The molecule has 0 aliphatic carbocycles. The molecule has 8 rings (SSSR count). The molecule has 0 amide bonds. The average Bonchev–Trinajstić information content (AvgIpc) is 4.09. The Kier molecular flexibility index (Phi) is 16.5. The van der Waals surface area contributed by atoms with Crippen LogP contribution in [0.25, 0.3) is 65.4 Å². The summed E-state index contributed by atoms with van der Waals surface area (Å²) in [6, 6.07) is 23.3. The van der Waals surface area contributed by atoms with Crippen LogP contribution in [0.15, 0.2) is 78.3 Å². The first-order valence-electron chi connectivity index (χ1n) is 29.2. The van der Waals surface area contributed by atoms with Gasteiger partial charge in [-0.3, -0.25) is 0 Å². The topological polar surface area (TPSA) is 52.6 Å². The van der Waals surface area contributed by atoms with Gasteiger partial charge in [0, 0.05) is 43.1 Å². The summed E-state index contributed by atoms with van der Waals surface area (Å²) >= 11 is 0. The van der Waals surface area contributed by atoms with Gasteiger partial charge in [0.2, 0.25) is 0 Å². The minimum absolute atomic E-state index is 0.608. The van der Waals surface area contributed by atoms with E-state index >= 15 is 0 Å². The van der Waals surface area contributed by atoms with Crippen molar-refractivity contribution in [2.45, 2.75) is 247 Å². The first kappa shape index (κ1) is 58.1. The number of benzene rings is 4. The van der Waals surface area contributed by atoms with Gasteiger partial charge in [-0.05, 0) is 140 Å². The molecule has 4 nitrogen and oxygen atoms in total. The molecule has 0 bridgehead atoms. The Morgan fingerprint density at radius 1 is 0.243 bits per heavy atom. The van der Waals surface area contributed by atoms with Crippen molar-refractivity contribution in [1.29, 1.82) is 0 Å². The molecule has 4 heterocycles. The second kappa shape index (κ2) is 21.0. The van der Waals surface area contributed by atoms with Crippen LogP contribution in [0.5, 0.6) is 0 Å². The fraction of sp³-hybridized carbons (Fsp3) is 0.576. The van der Waals surface area contributed by atoms with Crippen LogP contribution in [0.3, 0.4) is 0 Å². The summed E-state index contributed by atoms with van der Waals surface area (Å²) in [4.78, 5) is 0. The molecule has 0 N–H and O–H groups in total. The van der Waals surface area contributed by atoms with Gasteiger partial charge in [-0.1, -0.05) is 178 Å². The van der Waals surface area contributed by atoms with E-state index in [9.17, 15) is 0 Å².